The molecule has 0 saturated heterocycles. The molecule has 0 aromatic heterocycles. The van der Waals surface area contributed by atoms with Gasteiger partial charge in [0.05, 0.1) is 19.1 Å². The van der Waals surface area contributed by atoms with E-state index in [1.807, 2.05) is 24.3 Å². The molecule has 22 heavy (non-hydrogen) atoms. The molecule has 124 valence electrons. The third-order valence-corrected chi connectivity index (χ3v) is 3.25. The first-order chi connectivity index (χ1) is 10.5. The molecule has 0 heterocycles. The number of ether oxygens (including phenoxy) is 2. The lowest BCUT2D eigenvalue weighted by Crippen LogP contribution is -2.33. The van der Waals surface area contributed by atoms with Crippen LogP contribution in [0.15, 0.2) is 24.3 Å². The molecule has 0 aliphatic rings. The normalized spacial score (nSPS) is 12.2. The predicted octanol–water partition coefficient (Wildman–Crippen LogP) is 1.74. The van der Waals surface area contributed by atoms with Crippen molar-refractivity contribution in [2.45, 2.75) is 32.8 Å². The fourth-order valence-electron chi connectivity index (χ4n) is 1.90. The van der Waals surface area contributed by atoms with Crippen molar-refractivity contribution >= 4 is 5.91 Å². The van der Waals surface area contributed by atoms with Gasteiger partial charge in [0, 0.05) is 20.2 Å². The van der Waals surface area contributed by atoms with Gasteiger partial charge in [0.15, 0.2) is 0 Å². The fourth-order valence-corrected chi connectivity index (χ4v) is 1.90. The number of hydrogen-bond donors (Lipinski definition) is 2. The molecule has 0 aliphatic heterocycles. The van der Waals surface area contributed by atoms with Crippen molar-refractivity contribution in [3.8, 4) is 5.75 Å². The standard InChI is InChI=1S/C17H28N2O3/c1-13(2)12-22-15-6-4-14(5-7-15)8-9-19-17(20)10-16(11-18)21-3/h4-7,13,16H,8-12,18H2,1-3H3,(H,19,20). The molecule has 5 heteroatoms. The average molecular weight is 308 g/mol. The van der Waals surface area contributed by atoms with E-state index in [0.717, 1.165) is 18.8 Å². The molecule has 1 amide bonds. The molecular formula is C17H28N2O3. The minimum Gasteiger partial charge on any atom is -0.493 e. The van der Waals surface area contributed by atoms with Gasteiger partial charge in [-0.1, -0.05) is 26.0 Å². The number of carbonyl (C=O) groups is 1. The largest absolute Gasteiger partial charge is 0.493 e. The second-order valence-corrected chi connectivity index (χ2v) is 5.75. The SMILES string of the molecule is COC(CN)CC(=O)NCCc1ccc(OCC(C)C)cc1. The molecule has 5 nitrogen and oxygen atoms in total. The van der Waals surface area contributed by atoms with E-state index in [4.69, 9.17) is 15.2 Å². The van der Waals surface area contributed by atoms with Crippen molar-refractivity contribution in [1.82, 2.24) is 5.32 Å². The van der Waals surface area contributed by atoms with Crippen LogP contribution in [0, 0.1) is 5.92 Å². The highest BCUT2D eigenvalue weighted by atomic mass is 16.5. The van der Waals surface area contributed by atoms with Gasteiger partial charge < -0.3 is 20.5 Å². The van der Waals surface area contributed by atoms with Crippen molar-refractivity contribution in [3.63, 3.8) is 0 Å². The minimum absolute atomic E-state index is 0.0332. The molecule has 0 radical (unpaired) electrons. The smallest absolute Gasteiger partial charge is 0.222 e. The maximum Gasteiger partial charge on any atom is 0.222 e. The first-order valence-corrected chi connectivity index (χ1v) is 7.76. The van der Waals surface area contributed by atoms with Crippen LogP contribution in [0.1, 0.15) is 25.8 Å². The summed E-state index contributed by atoms with van der Waals surface area (Å²) in [5.74, 6) is 1.36. The van der Waals surface area contributed by atoms with Gasteiger partial charge in [-0.3, -0.25) is 4.79 Å². The Morgan fingerprint density at radius 3 is 2.50 bits per heavy atom. The van der Waals surface area contributed by atoms with E-state index in [9.17, 15) is 4.79 Å². The van der Waals surface area contributed by atoms with Gasteiger partial charge >= 0.3 is 0 Å². The predicted molar refractivity (Wildman–Crippen MR) is 88.0 cm³/mol. The quantitative estimate of drug-likeness (QED) is 0.690. The molecule has 1 unspecified atom stereocenters. The molecule has 1 aromatic carbocycles. The van der Waals surface area contributed by atoms with Crippen LogP contribution >= 0.6 is 0 Å². The lowest BCUT2D eigenvalue weighted by Gasteiger charge is -2.12. The van der Waals surface area contributed by atoms with E-state index in [-0.39, 0.29) is 12.0 Å². The Kier molecular flexibility index (Phi) is 8.55. The van der Waals surface area contributed by atoms with Gasteiger partial charge in [-0.25, -0.2) is 0 Å². The Labute approximate surface area is 133 Å². The number of benzene rings is 1. The zero-order valence-corrected chi connectivity index (χ0v) is 13.8. The van der Waals surface area contributed by atoms with Crippen LogP contribution in [-0.2, 0) is 16.0 Å². The number of nitrogens with one attached hydrogen (secondary N) is 1. The van der Waals surface area contributed by atoms with Gasteiger partial charge in [-0.2, -0.15) is 0 Å². The van der Waals surface area contributed by atoms with Crippen molar-refractivity contribution in [3.05, 3.63) is 29.8 Å². The first-order valence-electron chi connectivity index (χ1n) is 7.76. The lowest BCUT2D eigenvalue weighted by molar-refractivity contribution is -0.123. The van der Waals surface area contributed by atoms with Gasteiger partial charge in [-0.05, 0) is 30.0 Å². The van der Waals surface area contributed by atoms with Gasteiger partial charge in [-0.15, -0.1) is 0 Å². The van der Waals surface area contributed by atoms with Gasteiger partial charge in [0.2, 0.25) is 5.91 Å². The highest BCUT2D eigenvalue weighted by molar-refractivity contribution is 5.76. The summed E-state index contributed by atoms with van der Waals surface area (Å²) in [5, 5.41) is 2.88. The van der Waals surface area contributed by atoms with Crippen LogP contribution in [0.25, 0.3) is 0 Å². The highest BCUT2D eigenvalue weighted by Gasteiger charge is 2.10. The average Bonchev–Trinajstić information content (AvgIpc) is 2.51. The molecule has 1 atom stereocenters. The Morgan fingerprint density at radius 1 is 1.27 bits per heavy atom. The van der Waals surface area contributed by atoms with Crippen molar-refractivity contribution < 1.29 is 14.3 Å². The summed E-state index contributed by atoms with van der Waals surface area (Å²) in [7, 11) is 1.56. The zero-order valence-electron chi connectivity index (χ0n) is 13.8. The van der Waals surface area contributed by atoms with Crippen molar-refractivity contribution in [1.29, 1.82) is 0 Å². The maximum absolute atomic E-state index is 11.7. The first kappa shape index (κ1) is 18.5. The Bertz CT molecular complexity index is 428. The molecule has 3 N–H and O–H groups in total. The lowest BCUT2D eigenvalue weighted by atomic mass is 10.1. The summed E-state index contributed by atoms with van der Waals surface area (Å²) in [4.78, 5) is 11.7. The molecular weight excluding hydrogens is 280 g/mol. The number of amides is 1. The molecule has 1 rings (SSSR count). The monoisotopic (exact) mass is 308 g/mol. The van der Waals surface area contributed by atoms with E-state index in [1.165, 1.54) is 5.56 Å². The highest BCUT2D eigenvalue weighted by Crippen LogP contribution is 2.13. The van der Waals surface area contributed by atoms with E-state index < -0.39 is 0 Å². The molecule has 1 aromatic rings. The van der Waals surface area contributed by atoms with Crippen LogP contribution in [-0.4, -0.2) is 38.8 Å². The molecule has 0 fully saturated rings. The van der Waals surface area contributed by atoms with Crippen molar-refractivity contribution in [2.24, 2.45) is 11.7 Å². The van der Waals surface area contributed by atoms with E-state index in [0.29, 0.717) is 25.4 Å². The van der Waals surface area contributed by atoms with Crippen LogP contribution in [0.3, 0.4) is 0 Å². The summed E-state index contributed by atoms with van der Waals surface area (Å²) in [6.07, 6.45) is 0.878. The number of methoxy groups -OCH3 is 1. The van der Waals surface area contributed by atoms with E-state index in [2.05, 4.69) is 19.2 Å². The third-order valence-electron chi connectivity index (χ3n) is 3.25. The Balaban J connectivity index is 2.28. The van der Waals surface area contributed by atoms with Crippen LogP contribution in [0.4, 0.5) is 0 Å². The number of nitrogens with two attached hydrogens (primary N) is 1. The molecule has 0 saturated carbocycles. The zero-order chi connectivity index (χ0) is 16.4. The number of hydrogen-bond acceptors (Lipinski definition) is 4. The number of rotatable bonds is 10. The molecule has 0 aliphatic carbocycles. The minimum atomic E-state index is -0.211. The van der Waals surface area contributed by atoms with Crippen LogP contribution in [0.2, 0.25) is 0 Å². The summed E-state index contributed by atoms with van der Waals surface area (Å²) in [6.45, 7) is 5.91. The summed E-state index contributed by atoms with van der Waals surface area (Å²) >= 11 is 0. The van der Waals surface area contributed by atoms with Gasteiger partial charge in [0.25, 0.3) is 0 Å². The van der Waals surface area contributed by atoms with E-state index >= 15 is 0 Å². The Morgan fingerprint density at radius 2 is 1.95 bits per heavy atom. The fraction of sp³-hybridized carbons (Fsp3) is 0.588. The molecule has 0 bridgehead atoms. The molecule has 0 spiro atoms. The van der Waals surface area contributed by atoms with E-state index in [1.54, 1.807) is 7.11 Å². The second-order valence-electron chi connectivity index (χ2n) is 5.75. The van der Waals surface area contributed by atoms with Gasteiger partial charge in [0.1, 0.15) is 5.75 Å². The summed E-state index contributed by atoms with van der Waals surface area (Å²) in [6, 6.07) is 7.99. The van der Waals surface area contributed by atoms with Crippen LogP contribution in [0.5, 0.6) is 5.75 Å². The topological polar surface area (TPSA) is 73.6 Å². The third kappa shape index (κ3) is 7.43. The number of carbonyl (C=O) groups excluding carboxylic acids is 1. The Hall–Kier alpha value is -1.59. The second kappa shape index (κ2) is 10.2. The van der Waals surface area contributed by atoms with Crippen LogP contribution < -0.4 is 15.8 Å². The maximum atomic E-state index is 11.7. The summed E-state index contributed by atoms with van der Waals surface area (Å²) < 4.78 is 10.7. The summed E-state index contributed by atoms with van der Waals surface area (Å²) in [5.41, 5.74) is 6.66. The van der Waals surface area contributed by atoms with Crippen molar-refractivity contribution in [2.75, 3.05) is 26.8 Å².